The first-order valence-corrected chi connectivity index (χ1v) is 8.45. The predicted octanol–water partition coefficient (Wildman–Crippen LogP) is 3.73. The van der Waals surface area contributed by atoms with E-state index in [9.17, 15) is 4.79 Å². The van der Waals surface area contributed by atoms with Crippen molar-refractivity contribution in [2.75, 3.05) is 6.61 Å². The maximum absolute atomic E-state index is 11.9. The Morgan fingerprint density at radius 3 is 2.38 bits per heavy atom. The lowest BCUT2D eigenvalue weighted by Crippen LogP contribution is -2.67. The summed E-state index contributed by atoms with van der Waals surface area (Å²) in [6.45, 7) is 10.9. The maximum Gasteiger partial charge on any atom is 0.330 e. The van der Waals surface area contributed by atoms with E-state index in [-0.39, 0.29) is 17.2 Å². The number of esters is 1. The molecule has 3 nitrogen and oxygen atoms in total. The average molecular weight is 292 g/mol. The van der Waals surface area contributed by atoms with Crippen molar-refractivity contribution in [1.82, 2.24) is 0 Å². The van der Waals surface area contributed by atoms with E-state index in [4.69, 9.17) is 9.47 Å². The SMILES string of the molecule is C=CC(=O)OC1(C(C)C)C2CC3CC1CC(OCC)(C3)C2. The molecule has 4 bridgehead atoms. The van der Waals surface area contributed by atoms with Crippen molar-refractivity contribution < 1.29 is 14.3 Å². The zero-order valence-corrected chi connectivity index (χ0v) is 13.6. The second kappa shape index (κ2) is 5.12. The van der Waals surface area contributed by atoms with Crippen LogP contribution >= 0.6 is 0 Å². The molecule has 0 amide bonds. The monoisotopic (exact) mass is 292 g/mol. The maximum atomic E-state index is 11.9. The van der Waals surface area contributed by atoms with E-state index >= 15 is 0 Å². The molecule has 4 rings (SSSR count). The molecule has 4 fully saturated rings. The lowest BCUT2D eigenvalue weighted by atomic mass is 9.46. The first-order valence-electron chi connectivity index (χ1n) is 8.45. The molecule has 0 aromatic rings. The van der Waals surface area contributed by atoms with Gasteiger partial charge in [-0.25, -0.2) is 4.79 Å². The lowest BCUT2D eigenvalue weighted by Gasteiger charge is -2.65. The van der Waals surface area contributed by atoms with E-state index in [1.54, 1.807) is 0 Å². The van der Waals surface area contributed by atoms with Gasteiger partial charge in [0.2, 0.25) is 0 Å². The molecule has 0 aliphatic heterocycles. The minimum absolute atomic E-state index is 0.0597. The van der Waals surface area contributed by atoms with Crippen molar-refractivity contribution in [3.63, 3.8) is 0 Å². The number of hydrogen-bond acceptors (Lipinski definition) is 3. The Bertz CT molecular complexity index is 424. The van der Waals surface area contributed by atoms with Crippen LogP contribution in [-0.2, 0) is 14.3 Å². The lowest BCUT2D eigenvalue weighted by molar-refractivity contribution is -0.262. The Hall–Kier alpha value is -0.830. The highest BCUT2D eigenvalue weighted by Crippen LogP contribution is 2.64. The summed E-state index contributed by atoms with van der Waals surface area (Å²) in [5.74, 6) is 1.72. The highest BCUT2D eigenvalue weighted by atomic mass is 16.6. The second-order valence-corrected chi connectivity index (χ2v) is 7.59. The summed E-state index contributed by atoms with van der Waals surface area (Å²) in [6.07, 6.45) is 7.00. The normalized spacial score (nSPS) is 44.1. The fourth-order valence-corrected chi connectivity index (χ4v) is 5.86. The number of ether oxygens (including phenoxy) is 2. The Morgan fingerprint density at radius 2 is 1.90 bits per heavy atom. The molecule has 21 heavy (non-hydrogen) atoms. The fraction of sp³-hybridized carbons (Fsp3) is 0.833. The van der Waals surface area contributed by atoms with Gasteiger partial charge in [-0.3, -0.25) is 0 Å². The van der Waals surface area contributed by atoms with Gasteiger partial charge in [-0.1, -0.05) is 20.4 Å². The number of carbonyl (C=O) groups excluding carboxylic acids is 1. The molecule has 4 aliphatic carbocycles. The summed E-state index contributed by atoms with van der Waals surface area (Å²) < 4.78 is 12.2. The van der Waals surface area contributed by atoms with Crippen LogP contribution in [0.5, 0.6) is 0 Å². The first kappa shape index (κ1) is 15.1. The number of hydrogen-bond donors (Lipinski definition) is 0. The summed E-state index contributed by atoms with van der Waals surface area (Å²) in [4.78, 5) is 11.9. The largest absolute Gasteiger partial charge is 0.455 e. The topological polar surface area (TPSA) is 35.5 Å². The molecule has 0 aromatic carbocycles. The zero-order valence-electron chi connectivity index (χ0n) is 13.6. The first-order chi connectivity index (χ1) is 9.95. The summed E-state index contributed by atoms with van der Waals surface area (Å²) in [7, 11) is 0. The van der Waals surface area contributed by atoms with Gasteiger partial charge in [0, 0.05) is 24.5 Å². The molecule has 3 heteroatoms. The van der Waals surface area contributed by atoms with Crippen LogP contribution in [0.3, 0.4) is 0 Å². The molecule has 4 aliphatic rings. The Balaban J connectivity index is 1.94. The zero-order chi connectivity index (χ0) is 15.3. The van der Waals surface area contributed by atoms with Crippen molar-refractivity contribution in [3.05, 3.63) is 12.7 Å². The molecule has 0 spiro atoms. The molecule has 0 N–H and O–H groups in total. The van der Waals surface area contributed by atoms with Crippen molar-refractivity contribution >= 4 is 5.97 Å². The third-order valence-corrected chi connectivity index (χ3v) is 6.21. The van der Waals surface area contributed by atoms with E-state index in [2.05, 4.69) is 27.4 Å². The minimum atomic E-state index is -0.303. The van der Waals surface area contributed by atoms with E-state index in [0.717, 1.165) is 25.4 Å². The molecule has 0 saturated heterocycles. The summed E-state index contributed by atoms with van der Waals surface area (Å²) in [5, 5.41) is 0. The van der Waals surface area contributed by atoms with Gasteiger partial charge < -0.3 is 9.47 Å². The van der Waals surface area contributed by atoms with Crippen molar-refractivity contribution in [2.45, 2.75) is 64.1 Å². The molecule has 2 unspecified atom stereocenters. The molecule has 118 valence electrons. The highest BCUT2D eigenvalue weighted by molar-refractivity contribution is 5.81. The minimum Gasteiger partial charge on any atom is -0.455 e. The van der Waals surface area contributed by atoms with E-state index in [1.165, 1.54) is 25.3 Å². The van der Waals surface area contributed by atoms with Crippen LogP contribution in [0.4, 0.5) is 0 Å². The number of carbonyl (C=O) groups is 1. The smallest absolute Gasteiger partial charge is 0.330 e. The molecule has 0 aromatic heterocycles. The van der Waals surface area contributed by atoms with Gasteiger partial charge in [0.1, 0.15) is 5.60 Å². The standard InChI is InChI=1S/C18H28O3/c1-5-16(19)21-18(12(3)4)14-7-13-8-15(18)11-17(9-13,10-14)20-6-2/h5,12-15H,1,6-11H2,2-4H3. The molecule has 4 saturated carbocycles. The third-order valence-electron chi connectivity index (χ3n) is 6.21. The van der Waals surface area contributed by atoms with Crippen LogP contribution in [0, 0.1) is 23.7 Å². The summed E-state index contributed by atoms with van der Waals surface area (Å²) in [5.41, 5.74) is -0.243. The number of rotatable bonds is 5. The van der Waals surface area contributed by atoms with Gasteiger partial charge in [0.05, 0.1) is 5.60 Å². The van der Waals surface area contributed by atoms with Gasteiger partial charge >= 0.3 is 5.97 Å². The summed E-state index contributed by atoms with van der Waals surface area (Å²) in [6, 6.07) is 0. The highest BCUT2D eigenvalue weighted by Gasteiger charge is 2.65. The van der Waals surface area contributed by atoms with E-state index in [0.29, 0.717) is 17.8 Å². The van der Waals surface area contributed by atoms with Crippen molar-refractivity contribution in [2.24, 2.45) is 23.7 Å². The van der Waals surface area contributed by atoms with Crippen LogP contribution in [0.1, 0.15) is 52.9 Å². The van der Waals surface area contributed by atoms with E-state index in [1.807, 2.05) is 0 Å². The van der Waals surface area contributed by atoms with Crippen molar-refractivity contribution in [1.29, 1.82) is 0 Å². The fourth-order valence-electron chi connectivity index (χ4n) is 5.86. The third kappa shape index (κ3) is 2.16. The van der Waals surface area contributed by atoms with Crippen LogP contribution in [0.2, 0.25) is 0 Å². The Labute approximate surface area is 128 Å². The van der Waals surface area contributed by atoms with Crippen molar-refractivity contribution in [3.8, 4) is 0 Å². The van der Waals surface area contributed by atoms with Crippen LogP contribution in [0.15, 0.2) is 12.7 Å². The van der Waals surface area contributed by atoms with Gasteiger partial charge in [-0.2, -0.15) is 0 Å². The predicted molar refractivity (Wildman–Crippen MR) is 81.8 cm³/mol. The average Bonchev–Trinajstić information content (AvgIpc) is 2.41. The Morgan fingerprint density at radius 1 is 1.29 bits per heavy atom. The van der Waals surface area contributed by atoms with Gasteiger partial charge in [0.25, 0.3) is 0 Å². The van der Waals surface area contributed by atoms with Gasteiger partial charge in [-0.05, 0) is 50.9 Å². The summed E-state index contributed by atoms with van der Waals surface area (Å²) >= 11 is 0. The Kier molecular flexibility index (Phi) is 3.67. The quantitative estimate of drug-likeness (QED) is 0.572. The van der Waals surface area contributed by atoms with Crippen LogP contribution in [-0.4, -0.2) is 23.8 Å². The van der Waals surface area contributed by atoms with Crippen LogP contribution in [0.25, 0.3) is 0 Å². The van der Waals surface area contributed by atoms with Gasteiger partial charge in [0.15, 0.2) is 0 Å². The molecular formula is C18H28O3. The molecular weight excluding hydrogens is 264 g/mol. The van der Waals surface area contributed by atoms with Gasteiger partial charge in [-0.15, -0.1) is 0 Å². The molecule has 0 radical (unpaired) electrons. The second-order valence-electron chi connectivity index (χ2n) is 7.59. The van der Waals surface area contributed by atoms with E-state index < -0.39 is 0 Å². The molecule has 0 heterocycles. The molecule has 2 atom stereocenters. The van der Waals surface area contributed by atoms with Crippen LogP contribution < -0.4 is 0 Å².